The van der Waals surface area contributed by atoms with E-state index in [0.29, 0.717) is 5.69 Å². The van der Waals surface area contributed by atoms with Gasteiger partial charge in [0, 0.05) is 5.69 Å². The number of sulfonamides is 1. The Hall–Kier alpha value is -2.83. The molecule has 1 amide bonds. The number of hydrogen-bond donors (Lipinski definition) is 1. The number of nitrogens with one attached hydrogen (secondary N) is 1. The van der Waals surface area contributed by atoms with E-state index in [1.54, 1.807) is 36.4 Å². The van der Waals surface area contributed by atoms with Gasteiger partial charge >= 0.3 is 0 Å². The molecule has 0 saturated carbocycles. The van der Waals surface area contributed by atoms with Crippen LogP contribution in [0.5, 0.6) is 0 Å². The molecule has 0 saturated heterocycles. The van der Waals surface area contributed by atoms with Crippen LogP contribution in [0, 0.1) is 6.92 Å². The van der Waals surface area contributed by atoms with Crippen molar-refractivity contribution in [1.29, 1.82) is 0 Å². The van der Waals surface area contributed by atoms with E-state index in [4.69, 9.17) is 11.6 Å². The van der Waals surface area contributed by atoms with Crippen LogP contribution in [-0.4, -0.2) is 20.9 Å². The van der Waals surface area contributed by atoms with Crippen LogP contribution < -0.4 is 9.62 Å². The minimum Gasteiger partial charge on any atom is -0.325 e. The quantitative estimate of drug-likeness (QED) is 0.428. The van der Waals surface area contributed by atoms with Crippen molar-refractivity contribution in [3.05, 3.63) is 88.9 Å². The molecule has 0 aliphatic heterocycles. The zero-order valence-electron chi connectivity index (χ0n) is 18.2. The Balaban J connectivity index is 1.85. The van der Waals surface area contributed by atoms with Gasteiger partial charge in [0.1, 0.15) is 6.54 Å². The lowest BCUT2D eigenvalue weighted by molar-refractivity contribution is -0.114. The van der Waals surface area contributed by atoms with Crippen molar-refractivity contribution >= 4 is 38.9 Å². The fourth-order valence-electron chi connectivity index (χ4n) is 3.26. The lowest BCUT2D eigenvalue weighted by Gasteiger charge is -2.25. The lowest BCUT2D eigenvalue weighted by atomic mass is 10.1. The Kier molecular flexibility index (Phi) is 7.94. The minimum atomic E-state index is -4.01. The molecule has 0 heterocycles. The Bertz CT molecular complexity index is 1160. The normalized spacial score (nSPS) is 11.2. The first-order valence-corrected chi connectivity index (χ1v) is 12.4. The summed E-state index contributed by atoms with van der Waals surface area (Å²) in [5.41, 5.74) is 3.00. The first-order valence-electron chi connectivity index (χ1n) is 10.5. The third-order valence-corrected chi connectivity index (χ3v) is 7.17. The van der Waals surface area contributed by atoms with E-state index in [1.165, 1.54) is 17.7 Å². The van der Waals surface area contributed by atoms with Gasteiger partial charge in [-0.1, -0.05) is 66.9 Å². The largest absolute Gasteiger partial charge is 0.325 e. The summed E-state index contributed by atoms with van der Waals surface area (Å²) in [5, 5.41) is 3.04. The predicted octanol–water partition coefficient (Wildman–Crippen LogP) is 5.83. The first kappa shape index (κ1) is 23.8. The molecular formula is C25H27ClN2O3S. The summed E-state index contributed by atoms with van der Waals surface area (Å²) in [6.07, 6.45) is 3.21. The standard InChI is InChI=1S/C25H27ClN2O3S/c1-3-4-7-20-12-14-21(15-13-20)27-25(29)18-28(24-9-6-5-8-23(24)26)32(30,31)22-16-10-19(2)11-17-22/h5-6,8-17H,3-4,7,18H2,1-2H3,(H,27,29). The third kappa shape index (κ3) is 5.90. The monoisotopic (exact) mass is 470 g/mol. The number of unbranched alkanes of at least 4 members (excludes halogenated alkanes) is 1. The van der Waals surface area contributed by atoms with Crippen LogP contribution >= 0.6 is 11.6 Å². The Morgan fingerprint density at radius 1 is 0.969 bits per heavy atom. The van der Waals surface area contributed by atoms with E-state index in [0.717, 1.165) is 29.1 Å². The number of carbonyl (C=O) groups is 1. The van der Waals surface area contributed by atoms with Gasteiger partial charge in [0.25, 0.3) is 10.0 Å². The van der Waals surface area contributed by atoms with Crippen LogP contribution in [0.25, 0.3) is 0 Å². The average Bonchev–Trinajstić information content (AvgIpc) is 2.78. The summed E-state index contributed by atoms with van der Waals surface area (Å²) in [7, 11) is -4.01. The smallest absolute Gasteiger partial charge is 0.264 e. The van der Waals surface area contributed by atoms with Crippen LogP contribution in [0.3, 0.4) is 0 Å². The molecule has 7 heteroatoms. The van der Waals surface area contributed by atoms with E-state index in [9.17, 15) is 13.2 Å². The zero-order valence-corrected chi connectivity index (χ0v) is 19.8. The van der Waals surface area contributed by atoms with Crippen LogP contribution in [0.2, 0.25) is 5.02 Å². The number of hydrogen-bond acceptors (Lipinski definition) is 3. The maximum Gasteiger partial charge on any atom is 0.264 e. The summed E-state index contributed by atoms with van der Waals surface area (Å²) in [6.45, 7) is 3.62. The van der Waals surface area contributed by atoms with Crippen LogP contribution in [0.4, 0.5) is 11.4 Å². The van der Waals surface area contributed by atoms with Gasteiger partial charge in [0.05, 0.1) is 15.6 Å². The van der Waals surface area contributed by atoms with Crippen LogP contribution in [0.15, 0.2) is 77.7 Å². The molecule has 32 heavy (non-hydrogen) atoms. The van der Waals surface area contributed by atoms with Crippen molar-refractivity contribution < 1.29 is 13.2 Å². The second-order valence-corrected chi connectivity index (χ2v) is 9.89. The van der Waals surface area contributed by atoms with Gasteiger partial charge in [-0.3, -0.25) is 9.10 Å². The van der Waals surface area contributed by atoms with Crippen LogP contribution in [-0.2, 0) is 21.2 Å². The summed E-state index contributed by atoms with van der Waals surface area (Å²) in [6, 6.07) is 20.7. The van der Waals surface area contributed by atoms with Crippen molar-refractivity contribution in [2.24, 2.45) is 0 Å². The number of benzene rings is 3. The molecule has 0 aliphatic rings. The Morgan fingerprint density at radius 2 is 1.62 bits per heavy atom. The minimum absolute atomic E-state index is 0.0936. The second kappa shape index (κ2) is 10.7. The number of anilines is 2. The van der Waals surface area contributed by atoms with Crippen molar-refractivity contribution in [2.75, 3.05) is 16.2 Å². The molecular weight excluding hydrogens is 444 g/mol. The van der Waals surface area contributed by atoms with Gasteiger partial charge in [-0.15, -0.1) is 0 Å². The van der Waals surface area contributed by atoms with Crippen molar-refractivity contribution in [2.45, 2.75) is 38.0 Å². The van der Waals surface area contributed by atoms with E-state index in [1.807, 2.05) is 31.2 Å². The van der Waals surface area contributed by atoms with E-state index >= 15 is 0 Å². The maximum absolute atomic E-state index is 13.4. The Labute approximate surface area is 195 Å². The average molecular weight is 471 g/mol. The van der Waals surface area contributed by atoms with Gasteiger partial charge < -0.3 is 5.32 Å². The summed E-state index contributed by atoms with van der Waals surface area (Å²) in [5.74, 6) is -0.457. The summed E-state index contributed by atoms with van der Waals surface area (Å²) in [4.78, 5) is 12.9. The highest BCUT2D eigenvalue weighted by atomic mass is 35.5. The molecule has 3 rings (SSSR count). The number of nitrogens with zero attached hydrogens (tertiary/aromatic N) is 1. The fourth-order valence-corrected chi connectivity index (χ4v) is 4.99. The first-order chi connectivity index (χ1) is 15.3. The van der Waals surface area contributed by atoms with E-state index < -0.39 is 22.5 Å². The van der Waals surface area contributed by atoms with Gasteiger partial charge in [-0.25, -0.2) is 8.42 Å². The molecule has 3 aromatic carbocycles. The number of aryl methyl sites for hydroxylation is 2. The van der Waals surface area contributed by atoms with Gasteiger partial charge in [0.2, 0.25) is 5.91 Å². The highest BCUT2D eigenvalue weighted by Gasteiger charge is 2.28. The highest BCUT2D eigenvalue weighted by Crippen LogP contribution is 2.30. The van der Waals surface area contributed by atoms with Crippen LogP contribution in [0.1, 0.15) is 30.9 Å². The molecule has 3 aromatic rings. The summed E-state index contributed by atoms with van der Waals surface area (Å²) < 4.78 is 27.9. The molecule has 0 unspecified atom stereocenters. The maximum atomic E-state index is 13.4. The molecule has 168 valence electrons. The number of halogens is 1. The molecule has 0 aromatic heterocycles. The number of rotatable bonds is 9. The van der Waals surface area contributed by atoms with Crippen molar-refractivity contribution in [1.82, 2.24) is 0 Å². The molecule has 5 nitrogen and oxygen atoms in total. The SMILES string of the molecule is CCCCc1ccc(NC(=O)CN(c2ccccc2Cl)S(=O)(=O)c2ccc(C)cc2)cc1. The number of para-hydroxylation sites is 1. The molecule has 0 aliphatic carbocycles. The van der Waals surface area contributed by atoms with E-state index in [-0.39, 0.29) is 15.6 Å². The lowest BCUT2D eigenvalue weighted by Crippen LogP contribution is -2.38. The molecule has 1 N–H and O–H groups in total. The predicted molar refractivity (Wildman–Crippen MR) is 131 cm³/mol. The third-order valence-electron chi connectivity index (χ3n) is 5.07. The molecule has 0 atom stereocenters. The molecule has 0 radical (unpaired) electrons. The highest BCUT2D eigenvalue weighted by molar-refractivity contribution is 7.92. The van der Waals surface area contributed by atoms with Gasteiger partial charge in [-0.2, -0.15) is 0 Å². The molecule has 0 fully saturated rings. The number of carbonyl (C=O) groups excluding carboxylic acids is 1. The van der Waals surface area contributed by atoms with Crippen molar-refractivity contribution in [3.8, 4) is 0 Å². The van der Waals surface area contributed by atoms with Crippen molar-refractivity contribution in [3.63, 3.8) is 0 Å². The topological polar surface area (TPSA) is 66.5 Å². The zero-order chi connectivity index (χ0) is 23.1. The molecule has 0 spiro atoms. The van der Waals surface area contributed by atoms with E-state index in [2.05, 4.69) is 12.2 Å². The fraction of sp³-hybridized carbons (Fsp3) is 0.240. The van der Waals surface area contributed by atoms with Gasteiger partial charge in [-0.05, 0) is 61.7 Å². The number of amides is 1. The Morgan fingerprint density at radius 3 is 2.25 bits per heavy atom. The van der Waals surface area contributed by atoms with Gasteiger partial charge in [0.15, 0.2) is 0 Å². The molecule has 0 bridgehead atoms. The summed E-state index contributed by atoms with van der Waals surface area (Å²) >= 11 is 6.30. The second-order valence-electron chi connectivity index (χ2n) is 7.62.